The number of carbonyl (C=O) groups is 1. The Hall–Kier alpha value is -0.850. The fourth-order valence-electron chi connectivity index (χ4n) is 2.03. The molecule has 0 amide bonds. The Labute approximate surface area is 119 Å². The van der Waals surface area contributed by atoms with Crippen molar-refractivity contribution < 1.29 is 13.6 Å². The standard InChI is InChI=1S/C13H15BrF2N2O/c1-17-2-4-18(5-3-17)8-13(19)9-6-10(14)12(16)7-11(9)15/h6-7H,2-5,8H2,1H3. The largest absolute Gasteiger partial charge is 0.304 e. The van der Waals surface area contributed by atoms with Crippen molar-refractivity contribution in [3.05, 3.63) is 33.8 Å². The Bertz CT molecular complexity index is 488. The number of likely N-dealkylation sites (N-methyl/N-ethyl adjacent to an activating group) is 1. The summed E-state index contributed by atoms with van der Waals surface area (Å²) in [4.78, 5) is 16.2. The maximum atomic E-state index is 13.6. The third kappa shape index (κ3) is 3.58. The Morgan fingerprint density at radius 3 is 2.47 bits per heavy atom. The Balaban J connectivity index is 2.06. The van der Waals surface area contributed by atoms with Gasteiger partial charge in [-0.15, -0.1) is 0 Å². The van der Waals surface area contributed by atoms with Crippen molar-refractivity contribution in [2.24, 2.45) is 0 Å². The molecule has 3 nitrogen and oxygen atoms in total. The van der Waals surface area contributed by atoms with Gasteiger partial charge in [0.1, 0.15) is 11.6 Å². The molecule has 1 aliphatic heterocycles. The van der Waals surface area contributed by atoms with Gasteiger partial charge in [0, 0.05) is 32.2 Å². The van der Waals surface area contributed by atoms with Crippen molar-refractivity contribution >= 4 is 21.7 Å². The number of nitrogens with zero attached hydrogens (tertiary/aromatic N) is 2. The van der Waals surface area contributed by atoms with Crippen LogP contribution in [0.2, 0.25) is 0 Å². The molecular weight excluding hydrogens is 318 g/mol. The molecule has 0 N–H and O–H groups in total. The highest BCUT2D eigenvalue weighted by molar-refractivity contribution is 9.10. The molecule has 0 unspecified atom stereocenters. The van der Waals surface area contributed by atoms with E-state index < -0.39 is 11.6 Å². The topological polar surface area (TPSA) is 23.6 Å². The molecule has 0 atom stereocenters. The van der Waals surface area contributed by atoms with Gasteiger partial charge in [-0.1, -0.05) is 0 Å². The van der Waals surface area contributed by atoms with Crippen LogP contribution in [0.15, 0.2) is 16.6 Å². The summed E-state index contributed by atoms with van der Waals surface area (Å²) in [6.45, 7) is 3.52. The molecule has 1 heterocycles. The molecule has 1 aromatic carbocycles. The molecule has 2 rings (SSSR count). The number of rotatable bonds is 3. The number of halogens is 3. The second-order valence-corrected chi connectivity index (χ2v) is 5.60. The van der Waals surface area contributed by atoms with Gasteiger partial charge in [-0.05, 0) is 29.0 Å². The summed E-state index contributed by atoms with van der Waals surface area (Å²) < 4.78 is 26.8. The van der Waals surface area contributed by atoms with Gasteiger partial charge in [0.25, 0.3) is 0 Å². The summed E-state index contributed by atoms with van der Waals surface area (Å²) in [5, 5.41) is 0. The van der Waals surface area contributed by atoms with E-state index in [2.05, 4.69) is 20.8 Å². The van der Waals surface area contributed by atoms with E-state index in [1.54, 1.807) is 0 Å². The number of carbonyl (C=O) groups excluding carboxylic acids is 1. The maximum absolute atomic E-state index is 13.6. The van der Waals surface area contributed by atoms with Gasteiger partial charge in [0.15, 0.2) is 5.78 Å². The molecule has 1 aliphatic rings. The second-order valence-electron chi connectivity index (χ2n) is 4.75. The van der Waals surface area contributed by atoms with Crippen molar-refractivity contribution in [3.63, 3.8) is 0 Å². The van der Waals surface area contributed by atoms with Crippen LogP contribution in [0, 0.1) is 11.6 Å². The minimum atomic E-state index is -0.806. The summed E-state index contributed by atoms with van der Waals surface area (Å²) >= 11 is 2.97. The molecule has 1 saturated heterocycles. The van der Waals surface area contributed by atoms with Crippen molar-refractivity contribution in [2.75, 3.05) is 39.8 Å². The molecule has 0 aromatic heterocycles. The molecule has 0 saturated carbocycles. The minimum Gasteiger partial charge on any atom is -0.304 e. The lowest BCUT2D eigenvalue weighted by Gasteiger charge is -2.31. The molecule has 1 aromatic rings. The molecule has 0 aliphatic carbocycles. The van der Waals surface area contributed by atoms with E-state index in [1.165, 1.54) is 6.07 Å². The van der Waals surface area contributed by atoms with Gasteiger partial charge in [-0.2, -0.15) is 0 Å². The molecule has 6 heteroatoms. The van der Waals surface area contributed by atoms with Crippen LogP contribution in [0.1, 0.15) is 10.4 Å². The quantitative estimate of drug-likeness (QED) is 0.626. The lowest BCUT2D eigenvalue weighted by Crippen LogP contribution is -2.46. The first-order valence-electron chi connectivity index (χ1n) is 6.06. The summed E-state index contributed by atoms with van der Waals surface area (Å²) in [5.74, 6) is -1.82. The predicted octanol–water partition coefficient (Wildman–Crippen LogP) is 2.16. The Kier molecular flexibility index (Phi) is 4.65. The van der Waals surface area contributed by atoms with Crippen LogP contribution in [0.3, 0.4) is 0 Å². The van der Waals surface area contributed by atoms with E-state index in [0.29, 0.717) is 0 Å². The van der Waals surface area contributed by atoms with Crippen LogP contribution in [0.5, 0.6) is 0 Å². The second kappa shape index (κ2) is 6.07. The smallest absolute Gasteiger partial charge is 0.179 e. The number of Topliss-reactive ketones (excluding diaryl/α,β-unsaturated/α-hetero) is 1. The summed E-state index contributed by atoms with van der Waals surface area (Å²) in [5.41, 5.74) is -0.0628. The molecule has 0 bridgehead atoms. The average Bonchev–Trinajstić information content (AvgIpc) is 2.36. The van der Waals surface area contributed by atoms with Crippen molar-refractivity contribution in [1.82, 2.24) is 9.80 Å². The normalized spacial score (nSPS) is 17.7. The number of hydrogen-bond acceptors (Lipinski definition) is 3. The van der Waals surface area contributed by atoms with Crippen LogP contribution in [-0.4, -0.2) is 55.4 Å². The first-order chi connectivity index (χ1) is 8.97. The highest BCUT2D eigenvalue weighted by atomic mass is 79.9. The fraction of sp³-hybridized carbons (Fsp3) is 0.462. The van der Waals surface area contributed by atoms with Gasteiger partial charge in [-0.3, -0.25) is 9.69 Å². The van der Waals surface area contributed by atoms with Crippen LogP contribution in [0.4, 0.5) is 8.78 Å². The van der Waals surface area contributed by atoms with Crippen LogP contribution in [0.25, 0.3) is 0 Å². The lowest BCUT2D eigenvalue weighted by molar-refractivity contribution is 0.0872. The minimum absolute atomic E-state index is 0.0628. The number of ketones is 1. The summed E-state index contributed by atoms with van der Waals surface area (Å²) in [6.07, 6.45) is 0. The Morgan fingerprint density at radius 1 is 1.21 bits per heavy atom. The molecule has 104 valence electrons. The van der Waals surface area contributed by atoms with Crippen molar-refractivity contribution in [1.29, 1.82) is 0 Å². The first kappa shape index (κ1) is 14.6. The third-order valence-corrected chi connectivity index (χ3v) is 3.88. The van der Waals surface area contributed by atoms with E-state index in [-0.39, 0.29) is 22.4 Å². The van der Waals surface area contributed by atoms with E-state index >= 15 is 0 Å². The van der Waals surface area contributed by atoms with Gasteiger partial charge >= 0.3 is 0 Å². The summed E-state index contributed by atoms with van der Waals surface area (Å²) in [7, 11) is 2.02. The van der Waals surface area contributed by atoms with Crippen molar-refractivity contribution in [3.8, 4) is 0 Å². The average molecular weight is 333 g/mol. The van der Waals surface area contributed by atoms with E-state index in [4.69, 9.17) is 0 Å². The van der Waals surface area contributed by atoms with Gasteiger partial charge in [-0.25, -0.2) is 8.78 Å². The fourth-order valence-corrected chi connectivity index (χ4v) is 2.37. The molecule has 0 radical (unpaired) electrons. The summed E-state index contributed by atoms with van der Waals surface area (Å²) in [6, 6.07) is 1.95. The number of hydrogen-bond donors (Lipinski definition) is 0. The maximum Gasteiger partial charge on any atom is 0.179 e. The zero-order valence-electron chi connectivity index (χ0n) is 10.6. The SMILES string of the molecule is CN1CCN(CC(=O)c2cc(Br)c(F)cc2F)CC1. The molecule has 1 fully saturated rings. The monoisotopic (exact) mass is 332 g/mol. The highest BCUT2D eigenvalue weighted by Crippen LogP contribution is 2.20. The van der Waals surface area contributed by atoms with Crippen LogP contribution < -0.4 is 0 Å². The van der Waals surface area contributed by atoms with E-state index in [9.17, 15) is 13.6 Å². The van der Waals surface area contributed by atoms with Crippen molar-refractivity contribution in [2.45, 2.75) is 0 Å². The van der Waals surface area contributed by atoms with E-state index in [0.717, 1.165) is 32.2 Å². The lowest BCUT2D eigenvalue weighted by atomic mass is 10.1. The number of benzene rings is 1. The number of piperazine rings is 1. The van der Waals surface area contributed by atoms with Gasteiger partial charge in [0.05, 0.1) is 16.6 Å². The Morgan fingerprint density at radius 2 is 1.84 bits per heavy atom. The van der Waals surface area contributed by atoms with Crippen LogP contribution in [-0.2, 0) is 0 Å². The molecule has 0 spiro atoms. The highest BCUT2D eigenvalue weighted by Gasteiger charge is 2.20. The third-order valence-electron chi connectivity index (χ3n) is 3.27. The van der Waals surface area contributed by atoms with E-state index in [1.807, 2.05) is 11.9 Å². The predicted molar refractivity (Wildman–Crippen MR) is 72.3 cm³/mol. The first-order valence-corrected chi connectivity index (χ1v) is 6.85. The van der Waals surface area contributed by atoms with Crippen LogP contribution >= 0.6 is 15.9 Å². The van der Waals surface area contributed by atoms with Gasteiger partial charge < -0.3 is 4.90 Å². The zero-order chi connectivity index (χ0) is 14.0. The molecule has 19 heavy (non-hydrogen) atoms. The van der Waals surface area contributed by atoms with Gasteiger partial charge in [0.2, 0.25) is 0 Å². The molecular formula is C13H15BrF2N2O. The zero-order valence-corrected chi connectivity index (χ0v) is 12.2.